The highest BCUT2D eigenvalue weighted by atomic mass is 32.1. The Hall–Kier alpha value is -3.20. The van der Waals surface area contributed by atoms with E-state index in [2.05, 4.69) is 20.4 Å². The number of amides is 1. The van der Waals surface area contributed by atoms with Crippen molar-refractivity contribution in [2.75, 3.05) is 5.32 Å². The van der Waals surface area contributed by atoms with Gasteiger partial charge in [0.05, 0.1) is 21.3 Å². The lowest BCUT2D eigenvalue weighted by Gasteiger charge is -2.11. The summed E-state index contributed by atoms with van der Waals surface area (Å²) in [6, 6.07) is 8.85. The number of nitrogens with one attached hydrogen (secondary N) is 1. The predicted octanol–water partition coefficient (Wildman–Crippen LogP) is 5.17. The van der Waals surface area contributed by atoms with E-state index in [1.807, 2.05) is 20.8 Å². The summed E-state index contributed by atoms with van der Waals surface area (Å²) < 4.78 is 32.6. The maximum Gasteiger partial charge on any atom is 0.258 e. The summed E-state index contributed by atoms with van der Waals surface area (Å²) in [4.78, 5) is 21.4. The summed E-state index contributed by atoms with van der Waals surface area (Å²) in [7, 11) is 0. The smallest absolute Gasteiger partial charge is 0.258 e. The molecule has 0 aliphatic rings. The van der Waals surface area contributed by atoms with E-state index in [-0.39, 0.29) is 22.0 Å². The number of nitrogens with zero attached hydrogens (tertiary/aromatic N) is 3. The molecule has 148 valence electrons. The van der Waals surface area contributed by atoms with Gasteiger partial charge in [-0.1, -0.05) is 49.4 Å². The number of thiazole rings is 1. The Labute approximate surface area is 168 Å². The van der Waals surface area contributed by atoms with E-state index in [4.69, 9.17) is 4.52 Å². The van der Waals surface area contributed by atoms with E-state index in [9.17, 15) is 13.6 Å². The Morgan fingerprint density at radius 1 is 1.10 bits per heavy atom. The Morgan fingerprint density at radius 2 is 1.83 bits per heavy atom. The monoisotopic (exact) mass is 414 g/mol. The minimum absolute atomic E-state index is 0.228. The molecule has 0 aliphatic heterocycles. The highest BCUT2D eigenvalue weighted by Gasteiger charge is 2.24. The van der Waals surface area contributed by atoms with Gasteiger partial charge in [-0.05, 0) is 18.2 Å². The zero-order valence-corrected chi connectivity index (χ0v) is 16.6. The molecule has 0 aliphatic carbocycles. The molecule has 2 heterocycles. The van der Waals surface area contributed by atoms with Crippen molar-refractivity contribution in [3.05, 3.63) is 59.4 Å². The number of carbonyl (C=O) groups is 1. The summed E-state index contributed by atoms with van der Waals surface area (Å²) in [5.41, 5.74) is 0.758. The first kappa shape index (κ1) is 19.1. The average molecular weight is 414 g/mol. The molecule has 2 aromatic heterocycles. The van der Waals surface area contributed by atoms with Gasteiger partial charge in [0, 0.05) is 11.5 Å². The lowest BCUT2D eigenvalue weighted by Crippen LogP contribution is -2.14. The summed E-state index contributed by atoms with van der Waals surface area (Å²) in [6.45, 7) is 5.87. The number of benzene rings is 2. The van der Waals surface area contributed by atoms with E-state index >= 15 is 0 Å². The molecule has 0 fully saturated rings. The normalized spacial score (nSPS) is 11.8. The number of hydrogen-bond donors (Lipinski definition) is 1. The molecule has 0 saturated carbocycles. The number of halogens is 2. The molecule has 0 bridgehead atoms. The number of rotatable bonds is 3. The molecule has 0 atom stereocenters. The molecular formula is C20H16F2N4O2S. The fourth-order valence-corrected chi connectivity index (χ4v) is 3.51. The van der Waals surface area contributed by atoms with Crippen LogP contribution in [0.3, 0.4) is 0 Å². The summed E-state index contributed by atoms with van der Waals surface area (Å²) in [6.07, 6.45) is 0. The quantitative estimate of drug-likeness (QED) is 0.500. The van der Waals surface area contributed by atoms with Crippen LogP contribution in [0, 0.1) is 11.6 Å². The van der Waals surface area contributed by atoms with Gasteiger partial charge in [-0.3, -0.25) is 10.1 Å². The van der Waals surface area contributed by atoms with Crippen LogP contribution in [0.15, 0.2) is 40.9 Å². The molecule has 0 spiro atoms. The van der Waals surface area contributed by atoms with E-state index < -0.39 is 17.5 Å². The maximum atomic E-state index is 13.4. The van der Waals surface area contributed by atoms with Crippen molar-refractivity contribution in [1.29, 1.82) is 0 Å². The zero-order chi connectivity index (χ0) is 20.8. The van der Waals surface area contributed by atoms with Gasteiger partial charge in [0.15, 0.2) is 22.6 Å². The van der Waals surface area contributed by atoms with Gasteiger partial charge in [0.1, 0.15) is 0 Å². The molecule has 0 unspecified atom stereocenters. The zero-order valence-electron chi connectivity index (χ0n) is 15.8. The third-order valence-corrected chi connectivity index (χ3v) is 5.08. The van der Waals surface area contributed by atoms with Gasteiger partial charge < -0.3 is 4.52 Å². The van der Waals surface area contributed by atoms with Crippen LogP contribution < -0.4 is 5.32 Å². The van der Waals surface area contributed by atoms with Crippen molar-refractivity contribution in [3.63, 3.8) is 0 Å². The van der Waals surface area contributed by atoms with Crippen LogP contribution in [-0.2, 0) is 5.41 Å². The SMILES string of the molecule is CC(C)(C)c1noc(-c2ccccc2C(=O)Nc2nc3cc(F)c(F)cc3s2)n1. The minimum Gasteiger partial charge on any atom is -0.334 e. The number of hydrogen-bond acceptors (Lipinski definition) is 6. The minimum atomic E-state index is -0.989. The van der Waals surface area contributed by atoms with E-state index in [1.54, 1.807) is 24.3 Å². The number of anilines is 1. The molecule has 1 amide bonds. The van der Waals surface area contributed by atoms with Crippen molar-refractivity contribution in [1.82, 2.24) is 15.1 Å². The first-order valence-corrected chi connectivity index (χ1v) is 9.54. The van der Waals surface area contributed by atoms with Gasteiger partial charge >= 0.3 is 0 Å². The van der Waals surface area contributed by atoms with Crippen LogP contribution in [0.25, 0.3) is 21.7 Å². The van der Waals surface area contributed by atoms with Crippen molar-refractivity contribution >= 4 is 32.6 Å². The Bertz CT molecular complexity index is 1190. The fraction of sp³-hybridized carbons (Fsp3) is 0.200. The summed E-state index contributed by atoms with van der Waals surface area (Å²) >= 11 is 1.05. The van der Waals surface area contributed by atoms with Crippen molar-refractivity contribution in [2.45, 2.75) is 26.2 Å². The second-order valence-corrected chi connectivity index (χ2v) is 8.46. The molecule has 4 rings (SSSR count). The van der Waals surface area contributed by atoms with Gasteiger partial charge in [-0.2, -0.15) is 4.98 Å². The standard InChI is InChI=1S/C20H16F2N4O2S/c1-20(2,3)18-25-17(28-26-18)11-7-5-4-6-10(11)16(27)24-19-23-14-8-12(21)13(22)9-15(14)29-19/h4-9H,1-3H3,(H,23,24,27). The van der Waals surface area contributed by atoms with Crippen LogP contribution >= 0.6 is 11.3 Å². The predicted molar refractivity (Wildman–Crippen MR) is 106 cm³/mol. The van der Waals surface area contributed by atoms with Crippen LogP contribution in [0.5, 0.6) is 0 Å². The second kappa shape index (κ2) is 7.00. The molecule has 2 aromatic carbocycles. The molecule has 29 heavy (non-hydrogen) atoms. The van der Waals surface area contributed by atoms with Crippen LogP contribution in [-0.4, -0.2) is 21.0 Å². The Kier molecular flexibility index (Phi) is 4.62. The first-order chi connectivity index (χ1) is 13.7. The Morgan fingerprint density at radius 3 is 2.55 bits per heavy atom. The lowest BCUT2D eigenvalue weighted by atomic mass is 9.96. The van der Waals surface area contributed by atoms with E-state index in [1.165, 1.54) is 0 Å². The van der Waals surface area contributed by atoms with Crippen molar-refractivity contribution < 1.29 is 18.1 Å². The third-order valence-electron chi connectivity index (χ3n) is 4.15. The highest BCUT2D eigenvalue weighted by molar-refractivity contribution is 7.22. The Balaban J connectivity index is 1.65. The number of aromatic nitrogens is 3. The summed E-state index contributed by atoms with van der Waals surface area (Å²) in [5, 5.41) is 6.89. The molecular weight excluding hydrogens is 398 g/mol. The molecule has 1 N–H and O–H groups in total. The van der Waals surface area contributed by atoms with Crippen molar-refractivity contribution in [3.8, 4) is 11.5 Å². The maximum absolute atomic E-state index is 13.4. The fourth-order valence-electron chi connectivity index (χ4n) is 2.65. The molecule has 0 radical (unpaired) electrons. The average Bonchev–Trinajstić information content (AvgIpc) is 3.29. The van der Waals surface area contributed by atoms with Gasteiger partial charge in [-0.15, -0.1) is 0 Å². The third kappa shape index (κ3) is 3.73. The van der Waals surface area contributed by atoms with Crippen LogP contribution in [0.2, 0.25) is 0 Å². The van der Waals surface area contributed by atoms with Gasteiger partial charge in [-0.25, -0.2) is 13.8 Å². The number of carbonyl (C=O) groups excluding carboxylic acids is 1. The molecule has 4 aromatic rings. The second-order valence-electron chi connectivity index (χ2n) is 7.43. The largest absolute Gasteiger partial charge is 0.334 e. The van der Waals surface area contributed by atoms with Gasteiger partial charge in [0.25, 0.3) is 11.8 Å². The first-order valence-electron chi connectivity index (χ1n) is 8.73. The van der Waals surface area contributed by atoms with E-state index in [0.29, 0.717) is 21.7 Å². The topological polar surface area (TPSA) is 80.9 Å². The van der Waals surface area contributed by atoms with Crippen molar-refractivity contribution in [2.24, 2.45) is 0 Å². The van der Waals surface area contributed by atoms with E-state index in [0.717, 1.165) is 23.5 Å². The van der Waals surface area contributed by atoms with Crippen LogP contribution in [0.4, 0.5) is 13.9 Å². The van der Waals surface area contributed by atoms with Crippen LogP contribution in [0.1, 0.15) is 37.0 Å². The molecule has 6 nitrogen and oxygen atoms in total. The lowest BCUT2D eigenvalue weighted by molar-refractivity contribution is 0.102. The molecule has 9 heteroatoms. The highest BCUT2D eigenvalue weighted by Crippen LogP contribution is 2.30. The number of fused-ring (bicyclic) bond motifs is 1. The van der Waals surface area contributed by atoms with Gasteiger partial charge in [0.2, 0.25) is 0 Å². The summed E-state index contributed by atoms with van der Waals surface area (Å²) in [5.74, 6) is -1.64. The molecule has 0 saturated heterocycles.